The van der Waals surface area contributed by atoms with Crippen LogP contribution in [-0.2, 0) is 4.74 Å². The minimum absolute atomic E-state index is 0. The minimum atomic E-state index is 0. The molecule has 5 heteroatoms. The summed E-state index contributed by atoms with van der Waals surface area (Å²) in [7, 11) is 0. The van der Waals surface area contributed by atoms with E-state index in [1.54, 1.807) is 0 Å². The summed E-state index contributed by atoms with van der Waals surface area (Å²) >= 11 is 3.49. The molecule has 0 N–H and O–H groups in total. The Morgan fingerprint density at radius 1 is 1.33 bits per heavy atom. The maximum atomic E-state index is 5.43. The molecule has 98 valence electrons. The Labute approximate surface area is 121 Å². The van der Waals surface area contributed by atoms with Crippen molar-refractivity contribution in [1.29, 1.82) is 0 Å². The number of benzene rings is 1. The van der Waals surface area contributed by atoms with Gasteiger partial charge < -0.3 is 9.30 Å². The van der Waals surface area contributed by atoms with Crippen molar-refractivity contribution in [2.45, 2.75) is 25.8 Å². The first kappa shape index (κ1) is 13.8. The summed E-state index contributed by atoms with van der Waals surface area (Å²) in [5.41, 5.74) is 2.31. The normalized spacial score (nSPS) is 16.8. The van der Waals surface area contributed by atoms with Crippen LogP contribution in [0.3, 0.4) is 0 Å². The van der Waals surface area contributed by atoms with Gasteiger partial charge in [0.05, 0.1) is 11.0 Å². The van der Waals surface area contributed by atoms with Gasteiger partial charge in [-0.15, -0.1) is 12.4 Å². The lowest BCUT2D eigenvalue weighted by Gasteiger charge is -2.25. The zero-order valence-electron chi connectivity index (χ0n) is 10.2. The summed E-state index contributed by atoms with van der Waals surface area (Å²) in [5, 5.41) is 0. The number of imidazole rings is 1. The average Bonchev–Trinajstić information content (AvgIpc) is 2.65. The fourth-order valence-corrected chi connectivity index (χ4v) is 2.95. The van der Waals surface area contributed by atoms with Gasteiger partial charge in [-0.25, -0.2) is 4.98 Å². The van der Waals surface area contributed by atoms with Crippen molar-refractivity contribution in [1.82, 2.24) is 9.55 Å². The van der Waals surface area contributed by atoms with Crippen molar-refractivity contribution in [3.63, 3.8) is 0 Å². The Balaban J connectivity index is 0.00000120. The first-order valence-electron chi connectivity index (χ1n) is 5.97. The summed E-state index contributed by atoms with van der Waals surface area (Å²) in [6, 6.07) is 6.85. The zero-order valence-corrected chi connectivity index (χ0v) is 12.6. The van der Waals surface area contributed by atoms with E-state index < -0.39 is 0 Å². The maximum absolute atomic E-state index is 5.43. The van der Waals surface area contributed by atoms with E-state index in [2.05, 4.69) is 50.6 Å². The highest BCUT2D eigenvalue weighted by molar-refractivity contribution is 9.10. The predicted molar refractivity (Wildman–Crippen MR) is 78.5 cm³/mol. The molecule has 1 aliphatic heterocycles. The van der Waals surface area contributed by atoms with Gasteiger partial charge in [-0.3, -0.25) is 0 Å². The van der Waals surface area contributed by atoms with E-state index in [4.69, 9.17) is 4.74 Å². The van der Waals surface area contributed by atoms with Crippen LogP contribution in [0.2, 0.25) is 0 Å². The molecule has 2 aromatic rings. The van der Waals surface area contributed by atoms with Crippen LogP contribution in [-0.4, -0.2) is 22.8 Å². The SMILES string of the molecule is Cc1nc2cc(Br)ccc2n1C1CCOCC1.Cl. The highest BCUT2D eigenvalue weighted by Gasteiger charge is 2.19. The minimum Gasteiger partial charge on any atom is -0.381 e. The molecule has 0 spiro atoms. The standard InChI is InChI=1S/C13H15BrN2O.ClH/c1-9-15-12-8-10(14)2-3-13(12)16(9)11-4-6-17-7-5-11;/h2-3,8,11H,4-7H2,1H3;1H. The Kier molecular flexibility index (Phi) is 4.30. The van der Waals surface area contributed by atoms with Crippen molar-refractivity contribution >= 4 is 39.4 Å². The molecule has 0 atom stereocenters. The maximum Gasteiger partial charge on any atom is 0.106 e. The van der Waals surface area contributed by atoms with Gasteiger partial charge in [0.15, 0.2) is 0 Å². The molecule has 0 aliphatic carbocycles. The third-order valence-corrected chi connectivity index (χ3v) is 3.88. The lowest BCUT2D eigenvalue weighted by molar-refractivity contribution is 0.0701. The van der Waals surface area contributed by atoms with Crippen LogP contribution in [0.4, 0.5) is 0 Å². The molecule has 1 aromatic heterocycles. The number of nitrogens with zero attached hydrogens (tertiary/aromatic N) is 2. The van der Waals surface area contributed by atoms with Crippen LogP contribution in [0.5, 0.6) is 0 Å². The summed E-state index contributed by atoms with van der Waals surface area (Å²) in [6.07, 6.45) is 2.17. The van der Waals surface area contributed by atoms with Gasteiger partial charge in [-0.05, 0) is 38.0 Å². The largest absolute Gasteiger partial charge is 0.381 e. The smallest absolute Gasteiger partial charge is 0.106 e. The molecular formula is C13H16BrClN2O. The molecule has 1 fully saturated rings. The van der Waals surface area contributed by atoms with E-state index in [1.807, 2.05) is 0 Å². The van der Waals surface area contributed by atoms with E-state index in [0.717, 1.165) is 41.9 Å². The van der Waals surface area contributed by atoms with E-state index in [-0.39, 0.29) is 12.4 Å². The van der Waals surface area contributed by atoms with Crippen molar-refractivity contribution in [2.75, 3.05) is 13.2 Å². The molecule has 0 bridgehead atoms. The van der Waals surface area contributed by atoms with Gasteiger partial charge in [0.2, 0.25) is 0 Å². The molecule has 3 rings (SSSR count). The number of aryl methyl sites for hydroxylation is 1. The van der Waals surface area contributed by atoms with Crippen LogP contribution >= 0.6 is 28.3 Å². The summed E-state index contributed by atoms with van der Waals surface area (Å²) in [5.74, 6) is 1.10. The molecule has 0 amide bonds. The van der Waals surface area contributed by atoms with Gasteiger partial charge in [-0.1, -0.05) is 15.9 Å². The second-order valence-electron chi connectivity index (χ2n) is 4.51. The van der Waals surface area contributed by atoms with E-state index in [1.165, 1.54) is 5.52 Å². The zero-order chi connectivity index (χ0) is 11.8. The van der Waals surface area contributed by atoms with Gasteiger partial charge in [0.1, 0.15) is 5.82 Å². The number of aromatic nitrogens is 2. The first-order chi connectivity index (χ1) is 8.25. The van der Waals surface area contributed by atoms with Crippen LogP contribution < -0.4 is 0 Å². The molecule has 1 saturated heterocycles. The fourth-order valence-electron chi connectivity index (χ4n) is 2.60. The second kappa shape index (κ2) is 5.59. The number of hydrogen-bond donors (Lipinski definition) is 0. The van der Waals surface area contributed by atoms with Gasteiger partial charge in [0.25, 0.3) is 0 Å². The Morgan fingerprint density at radius 3 is 2.78 bits per heavy atom. The Bertz CT molecular complexity index is 549. The second-order valence-corrected chi connectivity index (χ2v) is 5.42. The van der Waals surface area contributed by atoms with Crippen LogP contribution in [0.25, 0.3) is 11.0 Å². The lowest BCUT2D eigenvalue weighted by atomic mass is 10.1. The monoisotopic (exact) mass is 330 g/mol. The van der Waals surface area contributed by atoms with Crippen LogP contribution in [0.1, 0.15) is 24.7 Å². The van der Waals surface area contributed by atoms with Gasteiger partial charge in [0, 0.05) is 23.7 Å². The first-order valence-corrected chi connectivity index (χ1v) is 6.77. The summed E-state index contributed by atoms with van der Waals surface area (Å²) in [4.78, 5) is 4.64. The molecule has 0 saturated carbocycles. The van der Waals surface area contributed by atoms with Gasteiger partial charge >= 0.3 is 0 Å². The highest BCUT2D eigenvalue weighted by Crippen LogP contribution is 2.28. The third-order valence-electron chi connectivity index (χ3n) is 3.38. The van der Waals surface area contributed by atoms with Gasteiger partial charge in [-0.2, -0.15) is 0 Å². The number of rotatable bonds is 1. The topological polar surface area (TPSA) is 27.1 Å². The molecular weight excluding hydrogens is 316 g/mol. The molecule has 0 radical (unpaired) electrons. The Morgan fingerprint density at radius 2 is 2.06 bits per heavy atom. The number of fused-ring (bicyclic) bond motifs is 1. The summed E-state index contributed by atoms with van der Waals surface area (Å²) < 4.78 is 8.88. The molecule has 18 heavy (non-hydrogen) atoms. The number of hydrogen-bond acceptors (Lipinski definition) is 2. The molecule has 1 aromatic carbocycles. The molecule has 2 heterocycles. The number of ether oxygens (including phenoxy) is 1. The quantitative estimate of drug-likeness (QED) is 0.793. The van der Waals surface area contributed by atoms with Crippen molar-refractivity contribution in [3.8, 4) is 0 Å². The lowest BCUT2D eigenvalue weighted by Crippen LogP contribution is -2.20. The Hall–Kier alpha value is -0.580. The molecule has 1 aliphatic rings. The van der Waals surface area contributed by atoms with E-state index >= 15 is 0 Å². The molecule has 3 nitrogen and oxygen atoms in total. The van der Waals surface area contributed by atoms with Crippen molar-refractivity contribution in [3.05, 3.63) is 28.5 Å². The average molecular weight is 332 g/mol. The van der Waals surface area contributed by atoms with Crippen LogP contribution in [0.15, 0.2) is 22.7 Å². The highest BCUT2D eigenvalue weighted by atomic mass is 79.9. The van der Waals surface area contributed by atoms with Crippen molar-refractivity contribution < 1.29 is 4.74 Å². The van der Waals surface area contributed by atoms with Crippen LogP contribution in [0, 0.1) is 6.92 Å². The fraction of sp³-hybridized carbons (Fsp3) is 0.462. The number of halogens is 2. The van der Waals surface area contributed by atoms with E-state index in [0.29, 0.717) is 6.04 Å². The third kappa shape index (κ3) is 2.42. The predicted octanol–water partition coefficient (Wildman–Crippen LogP) is 3.88. The van der Waals surface area contributed by atoms with E-state index in [9.17, 15) is 0 Å². The molecule has 0 unspecified atom stereocenters. The van der Waals surface area contributed by atoms with Crippen molar-refractivity contribution in [2.24, 2.45) is 0 Å². The summed E-state index contributed by atoms with van der Waals surface area (Å²) in [6.45, 7) is 3.81.